The van der Waals surface area contributed by atoms with Crippen LogP contribution in [-0.4, -0.2) is 35.9 Å². The van der Waals surface area contributed by atoms with Crippen LogP contribution in [0.15, 0.2) is 37.1 Å². The van der Waals surface area contributed by atoms with Gasteiger partial charge in [-0.2, -0.15) is 10.2 Å². The Morgan fingerprint density at radius 1 is 1.43 bits per heavy atom. The zero-order valence-electron chi connectivity index (χ0n) is 12.9. The Morgan fingerprint density at radius 2 is 2.30 bits per heavy atom. The van der Waals surface area contributed by atoms with Gasteiger partial charge in [-0.15, -0.1) is 0 Å². The molecule has 8 heteroatoms. The lowest BCUT2D eigenvalue weighted by molar-refractivity contribution is 0.0946. The van der Waals surface area contributed by atoms with Crippen molar-refractivity contribution in [3.05, 3.63) is 54.0 Å². The summed E-state index contributed by atoms with van der Waals surface area (Å²) in [6.07, 6.45) is 4.68. The third-order valence-corrected chi connectivity index (χ3v) is 3.39. The zero-order chi connectivity index (χ0) is 16.2. The molecular weight excluding hydrogens is 294 g/mol. The molecule has 118 valence electrons. The van der Waals surface area contributed by atoms with Gasteiger partial charge in [-0.25, -0.2) is 14.6 Å². The third-order valence-electron chi connectivity index (χ3n) is 3.39. The van der Waals surface area contributed by atoms with Crippen molar-refractivity contribution in [2.45, 2.75) is 26.3 Å². The highest BCUT2D eigenvalue weighted by molar-refractivity contribution is 5.92. The van der Waals surface area contributed by atoms with Crippen LogP contribution in [0.2, 0.25) is 0 Å². The van der Waals surface area contributed by atoms with Crippen LogP contribution >= 0.6 is 0 Å². The number of nitrogens with zero attached hydrogens (tertiary/aromatic N) is 5. The third kappa shape index (κ3) is 3.25. The Kier molecular flexibility index (Phi) is 4.13. The van der Waals surface area contributed by atoms with E-state index in [1.165, 1.54) is 6.33 Å². The predicted molar refractivity (Wildman–Crippen MR) is 83.0 cm³/mol. The minimum absolute atomic E-state index is 0.235. The second-order valence-corrected chi connectivity index (χ2v) is 5.37. The standard InChI is InChI=1S/C15H17N7O/c1-10(2)12-6-13(21-20-12)15(23)18-7-11-4-3-5-17-14(11)22-9-16-8-19-22/h3-6,8-10H,7H2,1-2H3,(H,18,23)(H,20,21). The molecule has 3 rings (SSSR count). The summed E-state index contributed by atoms with van der Waals surface area (Å²) in [4.78, 5) is 20.4. The van der Waals surface area contributed by atoms with Crippen molar-refractivity contribution in [3.8, 4) is 5.82 Å². The van der Waals surface area contributed by atoms with Gasteiger partial charge in [0, 0.05) is 24.0 Å². The van der Waals surface area contributed by atoms with E-state index in [4.69, 9.17) is 0 Å². The van der Waals surface area contributed by atoms with E-state index >= 15 is 0 Å². The number of carbonyl (C=O) groups excluding carboxylic acids is 1. The minimum atomic E-state index is -0.235. The van der Waals surface area contributed by atoms with Crippen molar-refractivity contribution in [1.82, 2.24) is 35.3 Å². The maximum atomic E-state index is 12.2. The first-order chi connectivity index (χ1) is 11.1. The summed E-state index contributed by atoms with van der Waals surface area (Å²) in [6.45, 7) is 4.40. The Balaban J connectivity index is 1.72. The molecule has 2 N–H and O–H groups in total. The molecule has 0 unspecified atom stereocenters. The summed E-state index contributed by atoms with van der Waals surface area (Å²) in [5.74, 6) is 0.693. The maximum absolute atomic E-state index is 12.2. The summed E-state index contributed by atoms with van der Waals surface area (Å²) in [6, 6.07) is 5.46. The van der Waals surface area contributed by atoms with Gasteiger partial charge in [-0.05, 0) is 18.1 Å². The van der Waals surface area contributed by atoms with E-state index in [-0.39, 0.29) is 5.91 Å². The first-order valence-corrected chi connectivity index (χ1v) is 7.27. The van der Waals surface area contributed by atoms with Crippen LogP contribution in [-0.2, 0) is 6.54 Å². The zero-order valence-corrected chi connectivity index (χ0v) is 12.9. The molecule has 3 aromatic rings. The second kappa shape index (κ2) is 6.39. The van der Waals surface area contributed by atoms with Crippen LogP contribution < -0.4 is 5.32 Å². The fourth-order valence-electron chi connectivity index (χ4n) is 2.11. The smallest absolute Gasteiger partial charge is 0.272 e. The van der Waals surface area contributed by atoms with Gasteiger partial charge in [0.2, 0.25) is 0 Å². The number of rotatable bonds is 5. The first-order valence-electron chi connectivity index (χ1n) is 7.27. The summed E-state index contributed by atoms with van der Waals surface area (Å²) in [7, 11) is 0. The van der Waals surface area contributed by atoms with Gasteiger partial charge in [0.05, 0.1) is 0 Å². The van der Waals surface area contributed by atoms with Crippen LogP contribution in [0.4, 0.5) is 0 Å². The van der Waals surface area contributed by atoms with Crippen molar-refractivity contribution in [1.29, 1.82) is 0 Å². The molecule has 3 heterocycles. The number of nitrogens with one attached hydrogen (secondary N) is 2. The van der Waals surface area contributed by atoms with Crippen molar-refractivity contribution >= 4 is 5.91 Å². The molecular formula is C15H17N7O. The molecule has 23 heavy (non-hydrogen) atoms. The van der Waals surface area contributed by atoms with Crippen LogP contribution in [0.1, 0.15) is 41.5 Å². The molecule has 0 fully saturated rings. The topological polar surface area (TPSA) is 101 Å². The number of hydrogen-bond donors (Lipinski definition) is 2. The maximum Gasteiger partial charge on any atom is 0.272 e. The van der Waals surface area contributed by atoms with Crippen molar-refractivity contribution in [2.75, 3.05) is 0 Å². The molecule has 0 aromatic carbocycles. The van der Waals surface area contributed by atoms with Crippen LogP contribution in [0.3, 0.4) is 0 Å². The average molecular weight is 311 g/mol. The van der Waals surface area contributed by atoms with Crippen molar-refractivity contribution < 1.29 is 4.79 Å². The van der Waals surface area contributed by atoms with Gasteiger partial charge in [0.1, 0.15) is 18.3 Å². The Hall–Kier alpha value is -3.03. The molecule has 1 amide bonds. The van der Waals surface area contributed by atoms with Crippen LogP contribution in [0, 0.1) is 0 Å². The van der Waals surface area contributed by atoms with E-state index in [9.17, 15) is 4.79 Å². The normalized spacial score (nSPS) is 10.9. The molecule has 8 nitrogen and oxygen atoms in total. The average Bonchev–Trinajstić information content (AvgIpc) is 3.24. The van der Waals surface area contributed by atoms with Gasteiger partial charge in [-0.1, -0.05) is 19.9 Å². The number of aromatic nitrogens is 6. The van der Waals surface area contributed by atoms with Gasteiger partial charge >= 0.3 is 0 Å². The predicted octanol–water partition coefficient (Wildman–Crippen LogP) is 1.44. The van der Waals surface area contributed by atoms with E-state index in [1.54, 1.807) is 23.3 Å². The molecule has 3 aromatic heterocycles. The number of hydrogen-bond acceptors (Lipinski definition) is 5. The van der Waals surface area contributed by atoms with Crippen molar-refractivity contribution in [3.63, 3.8) is 0 Å². The quantitative estimate of drug-likeness (QED) is 0.742. The van der Waals surface area contributed by atoms with Gasteiger partial charge in [0.25, 0.3) is 5.91 Å². The number of amides is 1. The highest BCUT2D eigenvalue weighted by Gasteiger charge is 2.13. The van der Waals surface area contributed by atoms with E-state index in [2.05, 4.69) is 30.6 Å². The molecule has 0 saturated carbocycles. The minimum Gasteiger partial charge on any atom is -0.346 e. The van der Waals surface area contributed by atoms with Gasteiger partial charge < -0.3 is 5.32 Å². The summed E-state index contributed by atoms with van der Waals surface area (Å²) >= 11 is 0. The monoisotopic (exact) mass is 311 g/mol. The molecule has 0 saturated heterocycles. The lowest BCUT2D eigenvalue weighted by Crippen LogP contribution is -2.24. The Labute approximate surface area is 133 Å². The van der Waals surface area contributed by atoms with E-state index in [1.807, 2.05) is 26.0 Å². The SMILES string of the molecule is CC(C)c1cc(C(=O)NCc2cccnc2-n2cncn2)n[nH]1. The van der Waals surface area contributed by atoms with Gasteiger partial charge in [0.15, 0.2) is 5.82 Å². The Morgan fingerprint density at radius 3 is 3.00 bits per heavy atom. The molecule has 0 atom stereocenters. The summed E-state index contributed by atoms with van der Waals surface area (Å²) < 4.78 is 1.56. The van der Waals surface area contributed by atoms with Gasteiger partial charge in [-0.3, -0.25) is 9.89 Å². The second-order valence-electron chi connectivity index (χ2n) is 5.37. The molecule has 0 aliphatic heterocycles. The number of carbonyl (C=O) groups is 1. The summed E-state index contributed by atoms with van der Waals surface area (Å²) in [5.41, 5.74) is 2.14. The molecule has 0 radical (unpaired) electrons. The number of aromatic amines is 1. The van der Waals surface area contributed by atoms with E-state index in [0.29, 0.717) is 24.0 Å². The fraction of sp³-hybridized carbons (Fsp3) is 0.267. The number of H-pyrrole nitrogens is 1. The van der Waals surface area contributed by atoms with E-state index in [0.717, 1.165) is 11.3 Å². The lowest BCUT2D eigenvalue weighted by atomic mass is 10.1. The largest absolute Gasteiger partial charge is 0.346 e. The molecule has 0 bridgehead atoms. The highest BCUT2D eigenvalue weighted by Crippen LogP contribution is 2.13. The van der Waals surface area contributed by atoms with E-state index < -0.39 is 0 Å². The van der Waals surface area contributed by atoms with Crippen LogP contribution in [0.5, 0.6) is 0 Å². The van der Waals surface area contributed by atoms with Crippen molar-refractivity contribution in [2.24, 2.45) is 0 Å². The molecule has 0 spiro atoms. The van der Waals surface area contributed by atoms with Crippen LogP contribution in [0.25, 0.3) is 5.82 Å². The molecule has 0 aliphatic rings. The molecule has 0 aliphatic carbocycles. The fourth-order valence-corrected chi connectivity index (χ4v) is 2.11. The first kappa shape index (κ1) is 14.9. The lowest BCUT2D eigenvalue weighted by Gasteiger charge is -2.08. The number of pyridine rings is 1. The highest BCUT2D eigenvalue weighted by atomic mass is 16.1. The Bertz CT molecular complexity index is 792. The summed E-state index contributed by atoms with van der Waals surface area (Å²) in [5, 5.41) is 13.8.